The second-order valence-corrected chi connectivity index (χ2v) is 4.28. The molecule has 7 heteroatoms. The van der Waals surface area contributed by atoms with Crippen molar-refractivity contribution in [2.75, 3.05) is 19.7 Å². The number of hydrogen-bond donors (Lipinski definition) is 2. The minimum atomic E-state index is -4.44. The second kappa shape index (κ2) is 6.36. The largest absolute Gasteiger partial charge is 0.399 e. The number of aliphatic hydroxyl groups excluding tert-OH is 1. The summed E-state index contributed by atoms with van der Waals surface area (Å²) < 4.78 is 37.7. The summed E-state index contributed by atoms with van der Waals surface area (Å²) in [6.07, 6.45) is -4.44. The van der Waals surface area contributed by atoms with E-state index >= 15 is 0 Å². The Morgan fingerprint density at radius 3 is 2.19 bits per heavy atom. The minimum Gasteiger partial charge on any atom is -0.395 e. The van der Waals surface area contributed by atoms with Crippen LogP contribution >= 0.6 is 12.2 Å². The van der Waals surface area contributed by atoms with Crippen LogP contribution in [0, 0.1) is 5.92 Å². The van der Waals surface area contributed by atoms with Crippen molar-refractivity contribution in [2.45, 2.75) is 26.1 Å². The van der Waals surface area contributed by atoms with Crippen LogP contribution in [0.1, 0.15) is 13.8 Å². The average Bonchev–Trinajstić information content (AvgIpc) is 2.08. The van der Waals surface area contributed by atoms with E-state index in [2.05, 4.69) is 12.2 Å². The Morgan fingerprint density at radius 2 is 1.94 bits per heavy atom. The van der Waals surface area contributed by atoms with Gasteiger partial charge in [0.05, 0.1) is 11.6 Å². The van der Waals surface area contributed by atoms with Crippen LogP contribution in [0.3, 0.4) is 0 Å². The Hall–Kier alpha value is -0.400. The van der Waals surface area contributed by atoms with Gasteiger partial charge in [-0.3, -0.25) is 4.90 Å². The zero-order chi connectivity index (χ0) is 12.9. The smallest absolute Gasteiger partial charge is 0.395 e. The van der Waals surface area contributed by atoms with Crippen molar-refractivity contribution >= 4 is 17.2 Å². The number of aliphatic hydroxyl groups is 1. The second-order valence-electron chi connectivity index (χ2n) is 3.81. The van der Waals surface area contributed by atoms with E-state index in [9.17, 15) is 13.2 Å². The van der Waals surface area contributed by atoms with Gasteiger partial charge in [-0.15, -0.1) is 0 Å². The van der Waals surface area contributed by atoms with Gasteiger partial charge in [0.2, 0.25) is 0 Å². The quantitative estimate of drug-likeness (QED) is 0.702. The molecule has 96 valence electrons. The first-order valence-corrected chi connectivity index (χ1v) is 5.32. The Labute approximate surface area is 98.4 Å². The number of alkyl halides is 3. The number of nitrogens with two attached hydrogens (primary N) is 1. The first-order chi connectivity index (χ1) is 7.20. The van der Waals surface area contributed by atoms with Crippen LogP contribution in [0.5, 0.6) is 0 Å². The number of hydrogen-bond acceptors (Lipinski definition) is 3. The molecular weight excluding hydrogens is 241 g/mol. The van der Waals surface area contributed by atoms with E-state index in [4.69, 9.17) is 10.8 Å². The molecule has 0 amide bonds. The van der Waals surface area contributed by atoms with Crippen molar-refractivity contribution in [1.29, 1.82) is 0 Å². The van der Waals surface area contributed by atoms with Crippen LogP contribution in [0.15, 0.2) is 0 Å². The molecule has 0 aromatic carbocycles. The zero-order valence-electron chi connectivity index (χ0n) is 9.29. The molecule has 0 saturated carbocycles. The summed E-state index contributed by atoms with van der Waals surface area (Å²) in [5.41, 5.74) is 5.09. The molecule has 16 heavy (non-hydrogen) atoms. The normalized spacial score (nSPS) is 14.5. The molecule has 1 unspecified atom stereocenters. The third kappa shape index (κ3) is 5.09. The van der Waals surface area contributed by atoms with Gasteiger partial charge in [0.25, 0.3) is 0 Å². The molecule has 1 atom stereocenters. The lowest BCUT2D eigenvalue weighted by Crippen LogP contribution is -2.46. The number of thiocarbonyl (C=S) groups is 1. The summed E-state index contributed by atoms with van der Waals surface area (Å²) in [6.45, 7) is 3.18. The van der Waals surface area contributed by atoms with Gasteiger partial charge in [-0.25, -0.2) is 0 Å². The van der Waals surface area contributed by atoms with Gasteiger partial charge < -0.3 is 10.8 Å². The van der Waals surface area contributed by atoms with Crippen molar-refractivity contribution in [3.8, 4) is 0 Å². The maximum Gasteiger partial charge on any atom is 0.399 e. The predicted octanol–water partition coefficient (Wildman–Crippen LogP) is 1.15. The van der Waals surface area contributed by atoms with Crippen molar-refractivity contribution in [2.24, 2.45) is 11.7 Å². The van der Waals surface area contributed by atoms with Crippen LogP contribution in [0.25, 0.3) is 0 Å². The highest BCUT2D eigenvalue weighted by Gasteiger charge is 2.42. The third-order valence-electron chi connectivity index (χ3n) is 2.27. The van der Waals surface area contributed by atoms with Gasteiger partial charge in [-0.05, 0) is 13.8 Å². The average molecular weight is 258 g/mol. The van der Waals surface area contributed by atoms with E-state index in [1.165, 1.54) is 4.90 Å². The molecule has 0 aromatic rings. The van der Waals surface area contributed by atoms with Crippen molar-refractivity contribution < 1.29 is 18.3 Å². The molecular formula is C9H17F3N2OS. The Balaban J connectivity index is 4.65. The lowest BCUT2D eigenvalue weighted by molar-refractivity contribution is -0.160. The lowest BCUT2D eigenvalue weighted by Gasteiger charge is -2.30. The van der Waals surface area contributed by atoms with E-state index in [0.29, 0.717) is 0 Å². The summed E-state index contributed by atoms with van der Waals surface area (Å²) in [4.78, 5) is 0.938. The molecule has 0 aliphatic heterocycles. The minimum absolute atomic E-state index is 0.105. The molecule has 0 radical (unpaired) electrons. The molecule has 0 rings (SSSR count). The molecule has 0 spiro atoms. The molecule has 0 aromatic heterocycles. The Bertz CT molecular complexity index is 233. The summed E-state index contributed by atoms with van der Waals surface area (Å²) in [6, 6.07) is -0.105. The Morgan fingerprint density at radius 1 is 1.44 bits per heavy atom. The molecule has 3 nitrogen and oxygen atoms in total. The van der Waals surface area contributed by atoms with Crippen LogP contribution in [0.2, 0.25) is 0 Å². The third-order valence-corrected chi connectivity index (χ3v) is 2.56. The molecule has 0 aliphatic rings. The van der Waals surface area contributed by atoms with E-state index in [1.54, 1.807) is 13.8 Å². The summed E-state index contributed by atoms with van der Waals surface area (Å²) in [5, 5.41) is 8.75. The molecule has 0 bridgehead atoms. The number of nitrogens with zero attached hydrogens (tertiary/aromatic N) is 1. The van der Waals surface area contributed by atoms with Gasteiger partial charge >= 0.3 is 6.18 Å². The van der Waals surface area contributed by atoms with Crippen molar-refractivity contribution in [3.63, 3.8) is 0 Å². The fourth-order valence-electron chi connectivity index (χ4n) is 1.28. The molecule has 0 heterocycles. The van der Waals surface area contributed by atoms with E-state index in [0.717, 1.165) is 0 Å². The Kier molecular flexibility index (Phi) is 6.20. The van der Waals surface area contributed by atoms with E-state index < -0.39 is 17.1 Å². The highest BCUT2D eigenvalue weighted by Crippen LogP contribution is 2.27. The van der Waals surface area contributed by atoms with Crippen LogP contribution in [0.4, 0.5) is 13.2 Å². The molecule has 0 fully saturated rings. The monoisotopic (exact) mass is 258 g/mol. The van der Waals surface area contributed by atoms with Gasteiger partial charge in [0.15, 0.2) is 0 Å². The van der Waals surface area contributed by atoms with Crippen LogP contribution in [-0.4, -0.2) is 46.9 Å². The number of halogens is 3. The fourth-order valence-corrected chi connectivity index (χ4v) is 1.49. The summed E-state index contributed by atoms with van der Waals surface area (Å²) in [7, 11) is 0. The van der Waals surface area contributed by atoms with E-state index in [-0.39, 0.29) is 25.7 Å². The van der Waals surface area contributed by atoms with Gasteiger partial charge in [0.1, 0.15) is 5.92 Å². The van der Waals surface area contributed by atoms with Gasteiger partial charge in [-0.2, -0.15) is 13.2 Å². The first-order valence-electron chi connectivity index (χ1n) is 4.91. The van der Waals surface area contributed by atoms with Crippen molar-refractivity contribution in [1.82, 2.24) is 4.90 Å². The molecule has 0 aliphatic carbocycles. The fraction of sp³-hybridized carbons (Fsp3) is 0.889. The zero-order valence-corrected chi connectivity index (χ0v) is 10.1. The SMILES string of the molecule is CC(C)N(CCO)CC(C(N)=S)C(F)(F)F. The highest BCUT2D eigenvalue weighted by atomic mass is 32.1. The topological polar surface area (TPSA) is 49.5 Å². The van der Waals surface area contributed by atoms with Crippen LogP contribution < -0.4 is 5.73 Å². The molecule has 3 N–H and O–H groups in total. The lowest BCUT2D eigenvalue weighted by atomic mass is 10.1. The standard InChI is InChI=1S/C9H17F3N2OS/c1-6(2)14(3-4-15)5-7(8(13)16)9(10,11)12/h6-7,15H,3-5H2,1-2H3,(H2,13,16). The first kappa shape index (κ1) is 15.6. The summed E-state index contributed by atoms with van der Waals surface area (Å²) in [5.74, 6) is -1.82. The molecule has 0 saturated heterocycles. The van der Waals surface area contributed by atoms with Crippen molar-refractivity contribution in [3.05, 3.63) is 0 Å². The predicted molar refractivity (Wildman–Crippen MR) is 60.1 cm³/mol. The highest BCUT2D eigenvalue weighted by molar-refractivity contribution is 7.80. The maximum atomic E-state index is 12.6. The van der Waals surface area contributed by atoms with Gasteiger partial charge in [0, 0.05) is 19.1 Å². The number of rotatable bonds is 6. The van der Waals surface area contributed by atoms with Crippen LogP contribution in [-0.2, 0) is 0 Å². The van der Waals surface area contributed by atoms with E-state index in [1.807, 2.05) is 0 Å². The summed E-state index contributed by atoms with van der Waals surface area (Å²) >= 11 is 4.42. The maximum absolute atomic E-state index is 12.6. The van der Waals surface area contributed by atoms with Gasteiger partial charge in [-0.1, -0.05) is 12.2 Å².